The third kappa shape index (κ3) is 4.08. The second-order valence-electron chi connectivity index (χ2n) is 8.06. The Hall–Kier alpha value is -3.48. The van der Waals surface area contributed by atoms with Crippen LogP contribution >= 0.6 is 0 Å². The Bertz CT molecular complexity index is 1250. The minimum absolute atomic E-state index is 0.131. The maximum absolute atomic E-state index is 12.6. The molecule has 3 heterocycles. The molecule has 0 saturated carbocycles. The Morgan fingerprint density at radius 3 is 2.58 bits per heavy atom. The van der Waals surface area contributed by atoms with Gasteiger partial charge in [0.25, 0.3) is 5.56 Å². The van der Waals surface area contributed by atoms with E-state index in [9.17, 15) is 9.59 Å². The average molecular weight is 416 g/mol. The fraction of sp³-hybridized carbons (Fsp3) is 0.333. The lowest BCUT2D eigenvalue weighted by molar-refractivity contribution is -0.132. The third-order valence-corrected chi connectivity index (χ3v) is 5.97. The monoisotopic (exact) mass is 416 g/mol. The molecule has 1 aliphatic rings. The Labute approximate surface area is 179 Å². The van der Waals surface area contributed by atoms with Crippen molar-refractivity contribution >= 4 is 27.9 Å². The van der Waals surface area contributed by atoms with Crippen molar-refractivity contribution in [3.63, 3.8) is 0 Å². The first-order valence-corrected chi connectivity index (χ1v) is 10.8. The van der Waals surface area contributed by atoms with Crippen LogP contribution in [0.2, 0.25) is 0 Å². The summed E-state index contributed by atoms with van der Waals surface area (Å²) in [5.41, 5.74) is 2.26. The Balaban J connectivity index is 1.14. The average Bonchev–Trinajstić information content (AvgIpc) is 3.23. The van der Waals surface area contributed by atoms with Gasteiger partial charge in [0.1, 0.15) is 11.3 Å². The number of fused-ring (bicyclic) bond motifs is 2. The molecule has 0 spiro atoms. The summed E-state index contributed by atoms with van der Waals surface area (Å²) in [6.07, 6.45) is 3.40. The molecule has 4 aromatic rings. The van der Waals surface area contributed by atoms with Crippen molar-refractivity contribution in [2.45, 2.75) is 38.0 Å². The summed E-state index contributed by atoms with van der Waals surface area (Å²) in [6.45, 7) is 1.43. The van der Waals surface area contributed by atoms with Crippen molar-refractivity contribution in [3.8, 4) is 0 Å². The molecule has 5 rings (SSSR count). The molecule has 1 amide bonds. The van der Waals surface area contributed by atoms with Gasteiger partial charge in [0, 0.05) is 31.8 Å². The number of hydrogen-bond donors (Lipinski definition) is 1. The third-order valence-electron chi connectivity index (χ3n) is 5.97. The lowest BCUT2D eigenvalue weighted by Gasteiger charge is -2.30. The zero-order valence-electron chi connectivity index (χ0n) is 17.2. The molecule has 1 saturated heterocycles. The predicted octanol–water partition coefficient (Wildman–Crippen LogP) is 3.79. The van der Waals surface area contributed by atoms with Crippen molar-refractivity contribution in [2.24, 2.45) is 0 Å². The molecule has 1 fully saturated rings. The lowest BCUT2D eigenvalue weighted by Crippen LogP contribution is -2.37. The Morgan fingerprint density at radius 2 is 1.77 bits per heavy atom. The molecule has 2 aromatic heterocycles. The first kappa shape index (κ1) is 19.5. The normalized spacial score (nSPS) is 15.0. The SMILES string of the molecule is O=C(CCCc1nc2ccccc2c(=O)[nH]1)N1CCC(c2nc3ccccc3o2)CC1. The number of aryl methyl sites for hydroxylation is 1. The van der Waals surface area contributed by atoms with E-state index in [-0.39, 0.29) is 17.4 Å². The summed E-state index contributed by atoms with van der Waals surface area (Å²) < 4.78 is 5.91. The predicted molar refractivity (Wildman–Crippen MR) is 118 cm³/mol. The number of oxazole rings is 1. The van der Waals surface area contributed by atoms with E-state index >= 15 is 0 Å². The number of rotatable bonds is 5. The van der Waals surface area contributed by atoms with Crippen LogP contribution in [-0.4, -0.2) is 38.8 Å². The van der Waals surface area contributed by atoms with Gasteiger partial charge in [-0.15, -0.1) is 0 Å². The van der Waals surface area contributed by atoms with Crippen LogP contribution in [0, 0.1) is 0 Å². The highest BCUT2D eigenvalue weighted by Crippen LogP contribution is 2.30. The van der Waals surface area contributed by atoms with Crippen LogP contribution in [-0.2, 0) is 11.2 Å². The number of nitrogens with zero attached hydrogens (tertiary/aromatic N) is 3. The van der Waals surface area contributed by atoms with Crippen molar-refractivity contribution in [3.05, 3.63) is 70.6 Å². The smallest absolute Gasteiger partial charge is 0.258 e. The van der Waals surface area contributed by atoms with Crippen LogP contribution in [0.5, 0.6) is 0 Å². The molecule has 7 nitrogen and oxygen atoms in total. The quantitative estimate of drug-likeness (QED) is 0.534. The number of likely N-dealkylation sites (tertiary alicyclic amines) is 1. The zero-order valence-corrected chi connectivity index (χ0v) is 17.2. The standard InChI is InChI=1S/C24H24N4O3/c29-22(11-5-10-21-25-18-7-2-1-6-17(18)23(30)27-21)28-14-12-16(13-15-28)24-26-19-8-3-4-9-20(19)31-24/h1-4,6-9,16H,5,10-15H2,(H,25,27,30). The summed E-state index contributed by atoms with van der Waals surface area (Å²) >= 11 is 0. The van der Waals surface area contributed by atoms with Crippen LogP contribution in [0.25, 0.3) is 22.0 Å². The first-order valence-electron chi connectivity index (χ1n) is 10.8. The van der Waals surface area contributed by atoms with E-state index in [0.29, 0.717) is 49.1 Å². The number of nitrogens with one attached hydrogen (secondary N) is 1. The van der Waals surface area contributed by atoms with E-state index in [2.05, 4.69) is 15.0 Å². The van der Waals surface area contributed by atoms with Gasteiger partial charge < -0.3 is 14.3 Å². The first-order chi connectivity index (χ1) is 15.2. The van der Waals surface area contributed by atoms with E-state index < -0.39 is 0 Å². The fourth-order valence-electron chi connectivity index (χ4n) is 4.26. The van der Waals surface area contributed by atoms with Gasteiger partial charge in [-0.05, 0) is 43.5 Å². The van der Waals surface area contributed by atoms with Crippen molar-refractivity contribution < 1.29 is 9.21 Å². The summed E-state index contributed by atoms with van der Waals surface area (Å²) in [5.74, 6) is 1.81. The number of para-hydroxylation sites is 3. The van der Waals surface area contributed by atoms with E-state index in [1.54, 1.807) is 6.07 Å². The molecule has 0 bridgehead atoms. The van der Waals surface area contributed by atoms with Crippen LogP contribution in [0.15, 0.2) is 57.7 Å². The van der Waals surface area contributed by atoms with Gasteiger partial charge in [0.05, 0.1) is 10.9 Å². The minimum Gasteiger partial charge on any atom is -0.440 e. The van der Waals surface area contributed by atoms with Gasteiger partial charge in [0.2, 0.25) is 5.91 Å². The highest BCUT2D eigenvalue weighted by Gasteiger charge is 2.26. The number of amides is 1. The summed E-state index contributed by atoms with van der Waals surface area (Å²) in [5, 5.41) is 0.587. The van der Waals surface area contributed by atoms with Gasteiger partial charge in [-0.3, -0.25) is 9.59 Å². The number of H-pyrrole nitrogens is 1. The van der Waals surface area contributed by atoms with Crippen LogP contribution < -0.4 is 5.56 Å². The van der Waals surface area contributed by atoms with Gasteiger partial charge in [-0.25, -0.2) is 9.97 Å². The molecule has 0 unspecified atom stereocenters. The van der Waals surface area contributed by atoms with Crippen molar-refractivity contribution in [1.82, 2.24) is 19.9 Å². The Kier molecular flexibility index (Phi) is 5.24. The molecule has 0 radical (unpaired) electrons. The van der Waals surface area contributed by atoms with Gasteiger partial charge in [0.15, 0.2) is 11.5 Å². The molecular weight excluding hydrogens is 392 g/mol. The molecule has 31 heavy (non-hydrogen) atoms. The minimum atomic E-state index is -0.131. The topological polar surface area (TPSA) is 92.1 Å². The van der Waals surface area contributed by atoms with Gasteiger partial charge in [-0.2, -0.15) is 0 Å². The molecule has 2 aromatic carbocycles. The van der Waals surface area contributed by atoms with E-state index in [0.717, 1.165) is 29.8 Å². The molecule has 158 valence electrons. The Morgan fingerprint density at radius 1 is 1.03 bits per heavy atom. The molecule has 0 atom stereocenters. The number of hydrogen-bond acceptors (Lipinski definition) is 5. The number of benzene rings is 2. The lowest BCUT2D eigenvalue weighted by atomic mass is 9.96. The summed E-state index contributed by atoms with van der Waals surface area (Å²) in [7, 11) is 0. The highest BCUT2D eigenvalue weighted by molar-refractivity contribution is 5.77. The summed E-state index contributed by atoms with van der Waals surface area (Å²) in [6, 6.07) is 15.1. The van der Waals surface area contributed by atoms with E-state index in [1.165, 1.54) is 0 Å². The number of carbonyl (C=O) groups is 1. The summed E-state index contributed by atoms with van der Waals surface area (Å²) in [4.78, 5) is 38.7. The largest absolute Gasteiger partial charge is 0.440 e. The molecule has 0 aliphatic carbocycles. The molecular formula is C24H24N4O3. The van der Waals surface area contributed by atoms with Gasteiger partial charge in [-0.1, -0.05) is 24.3 Å². The van der Waals surface area contributed by atoms with Gasteiger partial charge >= 0.3 is 0 Å². The van der Waals surface area contributed by atoms with E-state index in [1.807, 2.05) is 47.4 Å². The van der Waals surface area contributed by atoms with Crippen molar-refractivity contribution in [2.75, 3.05) is 13.1 Å². The highest BCUT2D eigenvalue weighted by atomic mass is 16.3. The second-order valence-corrected chi connectivity index (χ2v) is 8.06. The number of carbonyl (C=O) groups excluding carboxylic acids is 1. The maximum Gasteiger partial charge on any atom is 0.258 e. The van der Waals surface area contributed by atoms with Crippen molar-refractivity contribution in [1.29, 1.82) is 0 Å². The second kappa shape index (κ2) is 8.34. The number of aromatic amines is 1. The molecule has 7 heteroatoms. The number of aromatic nitrogens is 3. The molecule has 1 aliphatic heterocycles. The fourth-order valence-corrected chi connectivity index (χ4v) is 4.26. The molecule has 1 N–H and O–H groups in total. The zero-order chi connectivity index (χ0) is 21.2. The van der Waals surface area contributed by atoms with Crippen LogP contribution in [0.4, 0.5) is 0 Å². The maximum atomic E-state index is 12.6. The van der Waals surface area contributed by atoms with E-state index in [4.69, 9.17) is 4.42 Å². The van der Waals surface area contributed by atoms with Crippen LogP contribution in [0.1, 0.15) is 43.3 Å². The number of piperidine rings is 1. The van der Waals surface area contributed by atoms with Crippen LogP contribution in [0.3, 0.4) is 0 Å².